The van der Waals surface area contributed by atoms with Crippen molar-refractivity contribution in [1.82, 2.24) is 0 Å². The van der Waals surface area contributed by atoms with E-state index in [2.05, 4.69) is 26.6 Å². The molecule has 21 heavy (non-hydrogen) atoms. The Kier molecular flexibility index (Phi) is 4.54. The molecule has 0 saturated carbocycles. The third-order valence-electron chi connectivity index (χ3n) is 2.56. The second-order valence-corrected chi connectivity index (χ2v) is 4.94. The number of hydrogen-bond acceptors (Lipinski definition) is 2. The van der Waals surface area contributed by atoms with Crippen molar-refractivity contribution in [2.45, 2.75) is 0 Å². The Morgan fingerprint density at radius 2 is 1.71 bits per heavy atom. The zero-order valence-corrected chi connectivity index (χ0v) is 12.1. The summed E-state index contributed by atoms with van der Waals surface area (Å²) in [7, 11) is 0. The van der Waals surface area contributed by atoms with Gasteiger partial charge in [0.05, 0.1) is 11.3 Å². The van der Waals surface area contributed by atoms with Crippen LogP contribution in [0.2, 0.25) is 0 Å². The summed E-state index contributed by atoms with van der Waals surface area (Å²) < 4.78 is 13.3. The first-order valence-electron chi connectivity index (χ1n) is 5.82. The standard InChI is InChI=1S/C14H10BrFN2O3/c15-11-6-1-8(13(19)20)7-12(11)18-14(21)17-10-4-2-9(16)3-5-10/h1-7H,(H,19,20)(H2,17,18,21). The van der Waals surface area contributed by atoms with Gasteiger partial charge in [-0.1, -0.05) is 0 Å². The molecule has 0 aliphatic rings. The maximum absolute atomic E-state index is 12.8. The maximum Gasteiger partial charge on any atom is 0.335 e. The van der Waals surface area contributed by atoms with Crippen molar-refractivity contribution >= 4 is 39.3 Å². The number of halogens is 2. The third-order valence-corrected chi connectivity index (χ3v) is 3.26. The molecule has 2 rings (SSSR count). The number of nitrogens with one attached hydrogen (secondary N) is 2. The van der Waals surface area contributed by atoms with Gasteiger partial charge >= 0.3 is 12.0 Å². The molecule has 108 valence electrons. The number of benzene rings is 2. The molecule has 0 heterocycles. The molecule has 3 N–H and O–H groups in total. The van der Waals surface area contributed by atoms with Gasteiger partial charge in [-0.3, -0.25) is 0 Å². The van der Waals surface area contributed by atoms with Crippen LogP contribution in [0.1, 0.15) is 10.4 Å². The van der Waals surface area contributed by atoms with Gasteiger partial charge in [-0.2, -0.15) is 0 Å². The minimum atomic E-state index is -1.09. The van der Waals surface area contributed by atoms with E-state index in [0.717, 1.165) is 0 Å². The molecule has 5 nitrogen and oxygen atoms in total. The zero-order valence-electron chi connectivity index (χ0n) is 10.6. The number of carbonyl (C=O) groups is 2. The first-order chi connectivity index (χ1) is 9.95. The molecule has 0 saturated heterocycles. The minimum Gasteiger partial charge on any atom is -0.478 e. The fourth-order valence-electron chi connectivity index (χ4n) is 1.57. The summed E-state index contributed by atoms with van der Waals surface area (Å²) in [4.78, 5) is 22.7. The van der Waals surface area contributed by atoms with Gasteiger partial charge in [-0.05, 0) is 58.4 Å². The van der Waals surface area contributed by atoms with Crippen molar-refractivity contribution in [2.24, 2.45) is 0 Å². The normalized spacial score (nSPS) is 10.0. The number of rotatable bonds is 3. The smallest absolute Gasteiger partial charge is 0.335 e. The van der Waals surface area contributed by atoms with Crippen LogP contribution in [0.15, 0.2) is 46.9 Å². The predicted molar refractivity (Wildman–Crippen MR) is 80.1 cm³/mol. The van der Waals surface area contributed by atoms with E-state index in [4.69, 9.17) is 5.11 Å². The van der Waals surface area contributed by atoms with Crippen LogP contribution in [0.3, 0.4) is 0 Å². The quantitative estimate of drug-likeness (QED) is 0.782. The number of carbonyl (C=O) groups excluding carboxylic acids is 1. The Bertz CT molecular complexity index is 689. The lowest BCUT2D eigenvalue weighted by Crippen LogP contribution is -2.20. The molecule has 0 aromatic heterocycles. The molecular weight excluding hydrogens is 343 g/mol. The number of carboxylic acid groups (broad SMARTS) is 1. The SMILES string of the molecule is O=C(Nc1ccc(F)cc1)Nc1cc(C(=O)O)ccc1Br. The largest absolute Gasteiger partial charge is 0.478 e. The lowest BCUT2D eigenvalue weighted by molar-refractivity contribution is 0.0697. The van der Waals surface area contributed by atoms with Crippen molar-refractivity contribution in [1.29, 1.82) is 0 Å². The highest BCUT2D eigenvalue weighted by Gasteiger charge is 2.10. The molecule has 0 radical (unpaired) electrons. The van der Waals surface area contributed by atoms with E-state index < -0.39 is 17.8 Å². The molecule has 2 amide bonds. The molecule has 0 spiro atoms. The highest BCUT2D eigenvalue weighted by Crippen LogP contribution is 2.24. The second-order valence-electron chi connectivity index (χ2n) is 4.09. The molecule has 2 aromatic carbocycles. The van der Waals surface area contributed by atoms with Gasteiger partial charge in [0.2, 0.25) is 0 Å². The first kappa shape index (κ1) is 15.0. The maximum atomic E-state index is 12.8. The first-order valence-corrected chi connectivity index (χ1v) is 6.61. The van der Waals surface area contributed by atoms with Crippen molar-refractivity contribution < 1.29 is 19.1 Å². The average Bonchev–Trinajstić information content (AvgIpc) is 2.43. The Hall–Kier alpha value is -2.41. The van der Waals surface area contributed by atoms with E-state index in [0.29, 0.717) is 15.8 Å². The van der Waals surface area contributed by atoms with Crippen molar-refractivity contribution in [2.75, 3.05) is 10.6 Å². The third kappa shape index (κ3) is 4.03. The van der Waals surface area contributed by atoms with E-state index >= 15 is 0 Å². The number of urea groups is 1. The fraction of sp³-hybridized carbons (Fsp3) is 0. The fourth-order valence-corrected chi connectivity index (χ4v) is 1.92. The van der Waals surface area contributed by atoms with Gasteiger partial charge < -0.3 is 15.7 Å². The van der Waals surface area contributed by atoms with Crippen LogP contribution in [-0.2, 0) is 0 Å². The molecule has 0 fully saturated rings. The van der Waals surface area contributed by atoms with Gasteiger partial charge in [0.15, 0.2) is 0 Å². The van der Waals surface area contributed by atoms with Crippen LogP contribution in [0.25, 0.3) is 0 Å². The monoisotopic (exact) mass is 352 g/mol. The van der Waals surface area contributed by atoms with Gasteiger partial charge in [0.1, 0.15) is 5.82 Å². The van der Waals surface area contributed by atoms with Gasteiger partial charge in [0.25, 0.3) is 0 Å². The van der Waals surface area contributed by atoms with Crippen LogP contribution in [0.4, 0.5) is 20.6 Å². The van der Waals surface area contributed by atoms with Crippen LogP contribution >= 0.6 is 15.9 Å². The van der Waals surface area contributed by atoms with Gasteiger partial charge in [-0.15, -0.1) is 0 Å². The topological polar surface area (TPSA) is 78.4 Å². The zero-order chi connectivity index (χ0) is 15.4. The Morgan fingerprint density at radius 3 is 2.33 bits per heavy atom. The number of amides is 2. The predicted octanol–water partition coefficient (Wildman–Crippen LogP) is 3.93. The molecule has 0 atom stereocenters. The molecule has 0 aliphatic carbocycles. The molecule has 0 bridgehead atoms. The van der Waals surface area contributed by atoms with Crippen molar-refractivity contribution in [3.05, 3.63) is 58.3 Å². The van der Waals surface area contributed by atoms with Gasteiger partial charge in [-0.25, -0.2) is 14.0 Å². The van der Waals surface area contributed by atoms with Crippen LogP contribution in [0, 0.1) is 5.82 Å². The summed E-state index contributed by atoms with van der Waals surface area (Å²) in [5, 5.41) is 13.9. The number of anilines is 2. The van der Waals surface area contributed by atoms with E-state index in [9.17, 15) is 14.0 Å². The molecule has 0 unspecified atom stereocenters. The van der Waals surface area contributed by atoms with Crippen LogP contribution in [-0.4, -0.2) is 17.1 Å². The summed E-state index contributed by atoms with van der Waals surface area (Å²) in [6, 6.07) is 8.97. The Balaban J connectivity index is 2.10. The van der Waals surface area contributed by atoms with Gasteiger partial charge in [0, 0.05) is 10.2 Å². The van der Waals surface area contributed by atoms with Crippen molar-refractivity contribution in [3.8, 4) is 0 Å². The molecule has 7 heteroatoms. The lowest BCUT2D eigenvalue weighted by Gasteiger charge is -2.10. The Labute approximate surface area is 127 Å². The minimum absolute atomic E-state index is 0.0512. The van der Waals surface area contributed by atoms with E-state index in [-0.39, 0.29) is 5.56 Å². The molecule has 2 aromatic rings. The highest BCUT2D eigenvalue weighted by atomic mass is 79.9. The molecular formula is C14H10BrFN2O3. The lowest BCUT2D eigenvalue weighted by atomic mass is 10.2. The number of hydrogen-bond donors (Lipinski definition) is 3. The molecule has 0 aliphatic heterocycles. The summed E-state index contributed by atoms with van der Waals surface area (Å²) in [5.41, 5.74) is 0.782. The van der Waals surface area contributed by atoms with E-state index in [1.807, 2.05) is 0 Å². The summed E-state index contributed by atoms with van der Waals surface area (Å²) in [6.45, 7) is 0. The second kappa shape index (κ2) is 6.36. The van der Waals surface area contributed by atoms with Crippen LogP contribution in [0.5, 0.6) is 0 Å². The number of aromatic carboxylic acids is 1. The van der Waals surface area contributed by atoms with Crippen molar-refractivity contribution in [3.63, 3.8) is 0 Å². The van der Waals surface area contributed by atoms with E-state index in [1.54, 1.807) is 0 Å². The Morgan fingerprint density at radius 1 is 1.05 bits per heavy atom. The number of carboxylic acids is 1. The average molecular weight is 353 g/mol. The van der Waals surface area contributed by atoms with Crippen LogP contribution < -0.4 is 10.6 Å². The summed E-state index contributed by atoms with van der Waals surface area (Å²) in [6.07, 6.45) is 0. The summed E-state index contributed by atoms with van der Waals surface area (Å²) in [5.74, 6) is -1.50. The highest BCUT2D eigenvalue weighted by molar-refractivity contribution is 9.10. The summed E-state index contributed by atoms with van der Waals surface area (Å²) >= 11 is 3.22. The van der Waals surface area contributed by atoms with E-state index in [1.165, 1.54) is 42.5 Å².